The van der Waals surface area contributed by atoms with E-state index < -0.39 is 12.2 Å². The van der Waals surface area contributed by atoms with Crippen LogP contribution in [0.5, 0.6) is 0 Å². The molecular weight excluding hydrogens is 228 g/mol. The van der Waals surface area contributed by atoms with E-state index in [-0.39, 0.29) is 0 Å². The first-order valence-electron chi connectivity index (χ1n) is 5.88. The van der Waals surface area contributed by atoms with Crippen LogP contribution in [0.15, 0.2) is 36.4 Å². The van der Waals surface area contributed by atoms with Crippen LogP contribution in [0.25, 0.3) is 11.4 Å². The Kier molecular flexibility index (Phi) is 3.69. The molecule has 0 aliphatic rings. The lowest BCUT2D eigenvalue weighted by molar-refractivity contribution is 0.193. The van der Waals surface area contributed by atoms with E-state index in [4.69, 9.17) is 0 Å². The van der Waals surface area contributed by atoms with Crippen LogP contribution in [0.2, 0.25) is 0 Å². The van der Waals surface area contributed by atoms with E-state index in [1.807, 2.05) is 24.3 Å². The molecule has 0 aliphatic carbocycles. The Morgan fingerprint density at radius 3 is 1.50 bits per heavy atom. The normalized spacial score (nSPS) is 14.2. The highest BCUT2D eigenvalue weighted by Crippen LogP contribution is 2.19. The van der Waals surface area contributed by atoms with Gasteiger partial charge in [0.25, 0.3) is 0 Å². The van der Waals surface area contributed by atoms with Gasteiger partial charge in [0.2, 0.25) is 0 Å². The lowest BCUT2D eigenvalue weighted by Gasteiger charge is -2.08. The molecule has 2 aromatic rings. The van der Waals surface area contributed by atoms with Crippen molar-refractivity contribution in [1.29, 1.82) is 0 Å². The molecule has 0 bridgehead atoms. The fourth-order valence-electron chi connectivity index (χ4n) is 1.65. The van der Waals surface area contributed by atoms with Gasteiger partial charge in [0.15, 0.2) is 0 Å². The van der Waals surface area contributed by atoms with Crippen molar-refractivity contribution in [3.63, 3.8) is 0 Å². The summed E-state index contributed by atoms with van der Waals surface area (Å²) in [6, 6.07) is 10.9. The van der Waals surface area contributed by atoms with Gasteiger partial charge in [-0.25, -0.2) is 9.97 Å². The van der Waals surface area contributed by atoms with Gasteiger partial charge in [-0.15, -0.1) is 0 Å². The second-order valence-electron chi connectivity index (χ2n) is 4.25. The van der Waals surface area contributed by atoms with E-state index in [1.54, 1.807) is 26.0 Å². The van der Waals surface area contributed by atoms with Crippen LogP contribution in [-0.2, 0) is 0 Å². The third-order valence-corrected chi connectivity index (χ3v) is 2.66. The number of aliphatic hydroxyl groups is 2. The Balaban J connectivity index is 2.42. The zero-order valence-electron chi connectivity index (χ0n) is 10.4. The van der Waals surface area contributed by atoms with Gasteiger partial charge in [-0.3, -0.25) is 0 Å². The highest BCUT2D eigenvalue weighted by atomic mass is 16.3. The largest absolute Gasteiger partial charge is 0.387 e. The third kappa shape index (κ3) is 2.72. The van der Waals surface area contributed by atoms with Crippen molar-refractivity contribution in [2.75, 3.05) is 0 Å². The molecule has 0 aromatic carbocycles. The van der Waals surface area contributed by atoms with Crippen LogP contribution in [0.1, 0.15) is 37.4 Å². The van der Waals surface area contributed by atoms with E-state index in [0.717, 1.165) is 0 Å². The van der Waals surface area contributed by atoms with E-state index in [0.29, 0.717) is 22.8 Å². The monoisotopic (exact) mass is 244 g/mol. The molecule has 0 radical (unpaired) electrons. The lowest BCUT2D eigenvalue weighted by Crippen LogP contribution is -2.00. The Morgan fingerprint density at radius 1 is 0.778 bits per heavy atom. The maximum atomic E-state index is 9.51. The first-order chi connectivity index (χ1) is 8.58. The van der Waals surface area contributed by atoms with E-state index in [2.05, 4.69) is 9.97 Å². The van der Waals surface area contributed by atoms with Crippen LogP contribution in [0, 0.1) is 0 Å². The van der Waals surface area contributed by atoms with Crippen molar-refractivity contribution in [1.82, 2.24) is 9.97 Å². The summed E-state index contributed by atoms with van der Waals surface area (Å²) in [5, 5.41) is 19.0. The molecule has 0 amide bonds. The van der Waals surface area contributed by atoms with Crippen LogP contribution < -0.4 is 0 Å². The number of hydrogen-bond donors (Lipinski definition) is 2. The van der Waals surface area contributed by atoms with Crippen LogP contribution >= 0.6 is 0 Å². The zero-order chi connectivity index (χ0) is 13.1. The molecular formula is C14H16N2O2. The van der Waals surface area contributed by atoms with Crippen molar-refractivity contribution in [3.05, 3.63) is 47.8 Å². The first kappa shape index (κ1) is 12.7. The standard InChI is InChI=1S/C14H16N2O2/c1-9(17)11-5-3-7-13(15-11)14-8-4-6-12(16-14)10(2)18/h3-10,17-18H,1-2H3/t9-,10+. The highest BCUT2D eigenvalue weighted by molar-refractivity contribution is 5.54. The maximum Gasteiger partial charge on any atom is 0.0932 e. The Morgan fingerprint density at radius 2 is 1.17 bits per heavy atom. The molecule has 2 rings (SSSR count). The molecule has 2 N–H and O–H groups in total. The maximum absolute atomic E-state index is 9.51. The quantitative estimate of drug-likeness (QED) is 0.869. The highest BCUT2D eigenvalue weighted by Gasteiger charge is 2.08. The molecule has 0 spiro atoms. The van der Waals surface area contributed by atoms with Crippen molar-refractivity contribution < 1.29 is 10.2 Å². The van der Waals surface area contributed by atoms with E-state index in [1.165, 1.54) is 0 Å². The molecule has 0 fully saturated rings. The van der Waals surface area contributed by atoms with Gasteiger partial charge in [0.05, 0.1) is 35.0 Å². The summed E-state index contributed by atoms with van der Waals surface area (Å²) in [5.41, 5.74) is 2.60. The van der Waals surface area contributed by atoms with Crippen molar-refractivity contribution >= 4 is 0 Å². The third-order valence-electron chi connectivity index (χ3n) is 2.66. The smallest absolute Gasteiger partial charge is 0.0932 e. The van der Waals surface area contributed by atoms with Gasteiger partial charge in [-0.1, -0.05) is 12.1 Å². The molecule has 0 saturated heterocycles. The lowest BCUT2D eigenvalue weighted by atomic mass is 10.1. The fourth-order valence-corrected chi connectivity index (χ4v) is 1.65. The molecule has 2 aromatic heterocycles. The Hall–Kier alpha value is -1.78. The molecule has 4 nitrogen and oxygen atoms in total. The summed E-state index contributed by atoms with van der Waals surface area (Å²) >= 11 is 0. The van der Waals surface area contributed by atoms with Gasteiger partial charge < -0.3 is 10.2 Å². The van der Waals surface area contributed by atoms with Gasteiger partial charge in [-0.2, -0.15) is 0 Å². The van der Waals surface area contributed by atoms with Crippen LogP contribution in [0.4, 0.5) is 0 Å². The minimum atomic E-state index is -0.607. The van der Waals surface area contributed by atoms with Crippen molar-refractivity contribution in [3.8, 4) is 11.4 Å². The minimum Gasteiger partial charge on any atom is -0.387 e. The zero-order valence-corrected chi connectivity index (χ0v) is 10.4. The van der Waals surface area contributed by atoms with Gasteiger partial charge in [-0.05, 0) is 38.1 Å². The number of hydrogen-bond acceptors (Lipinski definition) is 4. The summed E-state index contributed by atoms with van der Waals surface area (Å²) in [6.45, 7) is 3.34. The molecule has 0 aliphatic heterocycles. The Bertz CT molecular complexity index is 489. The molecule has 94 valence electrons. The summed E-state index contributed by atoms with van der Waals surface area (Å²) in [7, 11) is 0. The van der Waals surface area contributed by atoms with Crippen molar-refractivity contribution in [2.24, 2.45) is 0 Å². The van der Waals surface area contributed by atoms with Gasteiger partial charge in [0.1, 0.15) is 0 Å². The molecule has 18 heavy (non-hydrogen) atoms. The van der Waals surface area contributed by atoms with Gasteiger partial charge in [0, 0.05) is 0 Å². The predicted octanol–water partition coefficient (Wildman–Crippen LogP) is 2.25. The summed E-state index contributed by atoms with van der Waals surface area (Å²) < 4.78 is 0. The second-order valence-corrected chi connectivity index (χ2v) is 4.25. The molecule has 2 atom stereocenters. The summed E-state index contributed by atoms with van der Waals surface area (Å²) in [5.74, 6) is 0. The average Bonchev–Trinajstić information content (AvgIpc) is 2.39. The number of pyridine rings is 2. The minimum absolute atomic E-state index is 0.607. The number of nitrogens with zero attached hydrogens (tertiary/aromatic N) is 2. The van der Waals surface area contributed by atoms with Crippen LogP contribution in [0.3, 0.4) is 0 Å². The number of rotatable bonds is 3. The predicted molar refractivity (Wildman–Crippen MR) is 68.7 cm³/mol. The molecule has 0 unspecified atom stereocenters. The number of aliphatic hydroxyl groups excluding tert-OH is 2. The summed E-state index contributed by atoms with van der Waals surface area (Å²) in [6.07, 6.45) is -1.21. The van der Waals surface area contributed by atoms with Gasteiger partial charge >= 0.3 is 0 Å². The molecule has 0 saturated carbocycles. The fraction of sp³-hybridized carbons (Fsp3) is 0.286. The van der Waals surface area contributed by atoms with Crippen molar-refractivity contribution in [2.45, 2.75) is 26.1 Å². The Labute approximate surface area is 106 Å². The SMILES string of the molecule is C[C@H](O)c1cccc(-c2cccc([C@@H](C)O)n2)n1. The molecule has 4 heteroatoms. The summed E-state index contributed by atoms with van der Waals surface area (Å²) in [4.78, 5) is 8.70. The van der Waals surface area contributed by atoms with Crippen LogP contribution in [-0.4, -0.2) is 20.2 Å². The average molecular weight is 244 g/mol. The molecule has 2 heterocycles. The first-order valence-corrected chi connectivity index (χ1v) is 5.88. The van der Waals surface area contributed by atoms with E-state index in [9.17, 15) is 10.2 Å². The number of aromatic nitrogens is 2. The van der Waals surface area contributed by atoms with E-state index >= 15 is 0 Å². The second kappa shape index (κ2) is 5.25. The topological polar surface area (TPSA) is 66.2 Å².